The van der Waals surface area contributed by atoms with E-state index in [9.17, 15) is 14.4 Å². The van der Waals surface area contributed by atoms with E-state index >= 15 is 0 Å². The molecule has 0 radical (unpaired) electrons. The molecule has 1 aliphatic heterocycles. The number of hydrogen-bond donors (Lipinski definition) is 1. The summed E-state index contributed by atoms with van der Waals surface area (Å²) in [6, 6.07) is 13.7. The van der Waals surface area contributed by atoms with Crippen LogP contribution in [0.3, 0.4) is 0 Å². The van der Waals surface area contributed by atoms with Gasteiger partial charge in [0.15, 0.2) is 0 Å². The minimum atomic E-state index is -0.277. The number of carbonyl (C=O) groups is 3. The van der Waals surface area contributed by atoms with Gasteiger partial charge in [-0.25, -0.2) is 0 Å². The molecule has 0 aliphatic carbocycles. The van der Waals surface area contributed by atoms with Gasteiger partial charge in [-0.1, -0.05) is 25.1 Å². The van der Waals surface area contributed by atoms with Crippen molar-refractivity contribution in [3.63, 3.8) is 0 Å². The monoisotopic (exact) mass is 510 g/mol. The van der Waals surface area contributed by atoms with Crippen LogP contribution < -0.4 is 10.1 Å². The van der Waals surface area contributed by atoms with Crippen LogP contribution in [-0.4, -0.2) is 99.1 Å². The summed E-state index contributed by atoms with van der Waals surface area (Å²) in [5, 5.41) is 2.86. The average Bonchev–Trinajstić information content (AvgIpc) is 2.88. The van der Waals surface area contributed by atoms with Gasteiger partial charge in [0.2, 0.25) is 5.91 Å². The first-order valence-corrected chi connectivity index (χ1v) is 12.5. The van der Waals surface area contributed by atoms with Gasteiger partial charge in [-0.15, -0.1) is 0 Å². The van der Waals surface area contributed by atoms with Crippen molar-refractivity contribution >= 4 is 23.4 Å². The number of anilines is 1. The van der Waals surface area contributed by atoms with Crippen LogP contribution in [-0.2, 0) is 9.53 Å². The van der Waals surface area contributed by atoms with E-state index in [1.54, 1.807) is 61.5 Å². The van der Waals surface area contributed by atoms with E-state index in [0.29, 0.717) is 35.7 Å². The molecule has 200 valence electrons. The third-order valence-corrected chi connectivity index (χ3v) is 6.51. The summed E-state index contributed by atoms with van der Waals surface area (Å²) < 4.78 is 11.9. The van der Waals surface area contributed by atoms with Crippen LogP contribution in [0.25, 0.3) is 0 Å². The molecule has 9 heteroatoms. The average molecular weight is 511 g/mol. The summed E-state index contributed by atoms with van der Waals surface area (Å²) in [6.07, 6.45) is -0.277. The Bertz CT molecular complexity index is 1090. The highest BCUT2D eigenvalue weighted by Gasteiger charge is 2.30. The van der Waals surface area contributed by atoms with Crippen LogP contribution in [0.5, 0.6) is 5.75 Å². The van der Waals surface area contributed by atoms with Crippen molar-refractivity contribution in [1.29, 1.82) is 0 Å². The van der Waals surface area contributed by atoms with E-state index in [1.165, 1.54) is 0 Å². The molecule has 3 atom stereocenters. The van der Waals surface area contributed by atoms with Crippen LogP contribution >= 0.6 is 0 Å². The summed E-state index contributed by atoms with van der Waals surface area (Å²) in [5.41, 5.74) is 1.33. The zero-order valence-electron chi connectivity index (χ0n) is 22.6. The van der Waals surface area contributed by atoms with Gasteiger partial charge in [-0.3, -0.25) is 14.4 Å². The minimum Gasteiger partial charge on any atom is -0.491 e. The van der Waals surface area contributed by atoms with E-state index < -0.39 is 0 Å². The highest BCUT2D eigenvalue weighted by atomic mass is 16.5. The molecule has 0 spiro atoms. The predicted octanol–water partition coefficient (Wildman–Crippen LogP) is 2.83. The van der Waals surface area contributed by atoms with Gasteiger partial charge in [-0.05, 0) is 51.4 Å². The highest BCUT2D eigenvalue weighted by Crippen LogP contribution is 2.27. The van der Waals surface area contributed by atoms with Gasteiger partial charge >= 0.3 is 0 Å². The third kappa shape index (κ3) is 7.30. The molecule has 1 aliphatic rings. The lowest BCUT2D eigenvalue weighted by atomic mass is 10.0. The first kappa shape index (κ1) is 28.1. The molecule has 37 heavy (non-hydrogen) atoms. The van der Waals surface area contributed by atoms with Gasteiger partial charge in [0.1, 0.15) is 12.4 Å². The zero-order valence-corrected chi connectivity index (χ0v) is 22.6. The lowest BCUT2D eigenvalue weighted by molar-refractivity contribution is -0.136. The van der Waals surface area contributed by atoms with Crippen molar-refractivity contribution in [2.24, 2.45) is 5.92 Å². The molecule has 3 amide bonds. The van der Waals surface area contributed by atoms with Crippen molar-refractivity contribution in [2.45, 2.75) is 26.0 Å². The lowest BCUT2D eigenvalue weighted by Gasteiger charge is -2.36. The topological polar surface area (TPSA) is 91.4 Å². The van der Waals surface area contributed by atoms with Crippen molar-refractivity contribution in [3.8, 4) is 5.75 Å². The number of benzene rings is 2. The van der Waals surface area contributed by atoms with Crippen LogP contribution in [0.2, 0.25) is 0 Å². The second-order valence-corrected chi connectivity index (χ2v) is 9.91. The molecule has 1 N–H and O–H groups in total. The molecule has 3 rings (SSSR count). The van der Waals surface area contributed by atoms with E-state index in [2.05, 4.69) is 5.32 Å². The second kappa shape index (κ2) is 12.7. The van der Waals surface area contributed by atoms with Crippen molar-refractivity contribution in [3.05, 3.63) is 59.7 Å². The van der Waals surface area contributed by atoms with Gasteiger partial charge in [0.05, 0.1) is 24.3 Å². The highest BCUT2D eigenvalue weighted by molar-refractivity contribution is 6.05. The predicted molar refractivity (Wildman–Crippen MR) is 143 cm³/mol. The molecule has 2 aromatic carbocycles. The van der Waals surface area contributed by atoms with Gasteiger partial charge in [0, 0.05) is 44.4 Å². The fraction of sp³-hybridized carbons (Fsp3) is 0.464. The zero-order chi connectivity index (χ0) is 27.1. The molecule has 0 saturated heterocycles. The largest absolute Gasteiger partial charge is 0.491 e. The number of ether oxygens (including phenoxy) is 2. The van der Waals surface area contributed by atoms with Crippen molar-refractivity contribution in [1.82, 2.24) is 14.7 Å². The lowest BCUT2D eigenvalue weighted by Crippen LogP contribution is -2.50. The van der Waals surface area contributed by atoms with Crippen LogP contribution in [0.1, 0.15) is 34.6 Å². The van der Waals surface area contributed by atoms with Crippen LogP contribution in [0.15, 0.2) is 48.5 Å². The summed E-state index contributed by atoms with van der Waals surface area (Å²) in [7, 11) is 7.06. The summed E-state index contributed by atoms with van der Waals surface area (Å²) in [6.45, 7) is 5.27. The second-order valence-electron chi connectivity index (χ2n) is 9.91. The maximum absolute atomic E-state index is 13.5. The van der Waals surface area contributed by atoms with Gasteiger partial charge in [-0.2, -0.15) is 0 Å². The smallest absolute Gasteiger partial charge is 0.257 e. The molecule has 9 nitrogen and oxygen atoms in total. The Morgan fingerprint density at radius 1 is 1.11 bits per heavy atom. The Labute approximate surface area is 219 Å². The number of amides is 3. The normalized spacial score (nSPS) is 20.9. The van der Waals surface area contributed by atoms with E-state index in [4.69, 9.17) is 9.47 Å². The molecule has 0 saturated carbocycles. The van der Waals surface area contributed by atoms with Crippen LogP contribution in [0.4, 0.5) is 5.69 Å². The molecule has 0 bridgehead atoms. The molecule has 0 unspecified atom stereocenters. The quantitative estimate of drug-likeness (QED) is 0.665. The number of hydrogen-bond acceptors (Lipinski definition) is 6. The Hall–Kier alpha value is -3.43. The molecular formula is C28H38N4O5. The van der Waals surface area contributed by atoms with Crippen molar-refractivity contribution < 1.29 is 23.9 Å². The maximum Gasteiger partial charge on any atom is 0.257 e. The number of likely N-dealkylation sites (N-methyl/N-ethyl adjacent to an activating group) is 2. The Morgan fingerprint density at radius 2 is 1.81 bits per heavy atom. The Kier molecular flexibility index (Phi) is 9.66. The van der Waals surface area contributed by atoms with Crippen LogP contribution in [0, 0.1) is 5.92 Å². The standard InChI is InChI=1S/C28H38N4O5/c1-19-15-32(26(33)17-30(3)4)20(2)18-37-24-13-12-22(29-27(34)21-10-8-7-9-11-21)14-23(24)28(35)31(5)16-25(19)36-6/h7-14,19-20,25H,15-18H2,1-6H3,(H,29,34)/t19-,20+,25+/m0/s1. The Balaban J connectivity index is 1.93. The molecule has 0 aromatic heterocycles. The SMILES string of the molecule is CO[C@@H]1CN(C)C(=O)c2cc(NC(=O)c3ccccc3)ccc2OC[C@@H](C)N(C(=O)CN(C)C)C[C@@H]1C. The van der Waals surface area contributed by atoms with E-state index in [0.717, 1.165) is 0 Å². The fourth-order valence-corrected chi connectivity index (χ4v) is 4.36. The minimum absolute atomic E-state index is 0.00323. The number of rotatable bonds is 5. The fourth-order valence-electron chi connectivity index (χ4n) is 4.36. The third-order valence-electron chi connectivity index (χ3n) is 6.51. The number of methoxy groups -OCH3 is 1. The summed E-state index contributed by atoms with van der Waals surface area (Å²) >= 11 is 0. The van der Waals surface area contributed by atoms with E-state index in [1.807, 2.05) is 43.8 Å². The number of fused-ring (bicyclic) bond motifs is 1. The van der Waals surface area contributed by atoms with E-state index in [-0.39, 0.29) is 48.9 Å². The summed E-state index contributed by atoms with van der Waals surface area (Å²) in [5.74, 6) is -0.141. The molecule has 2 aromatic rings. The Morgan fingerprint density at radius 3 is 2.46 bits per heavy atom. The first-order valence-electron chi connectivity index (χ1n) is 12.5. The summed E-state index contributed by atoms with van der Waals surface area (Å²) in [4.78, 5) is 44.5. The number of carbonyl (C=O) groups excluding carboxylic acids is 3. The molecule has 0 fully saturated rings. The number of nitrogens with zero attached hydrogens (tertiary/aromatic N) is 3. The van der Waals surface area contributed by atoms with Gasteiger partial charge in [0.25, 0.3) is 11.8 Å². The molecular weight excluding hydrogens is 472 g/mol. The maximum atomic E-state index is 13.5. The van der Waals surface area contributed by atoms with Crippen molar-refractivity contribution in [2.75, 3.05) is 59.8 Å². The van der Waals surface area contributed by atoms with Gasteiger partial charge < -0.3 is 29.5 Å². The first-order chi connectivity index (χ1) is 17.6. The molecule has 1 heterocycles. The number of nitrogens with one attached hydrogen (secondary N) is 1.